The van der Waals surface area contributed by atoms with Crippen LogP contribution < -0.4 is 5.32 Å². The van der Waals surface area contributed by atoms with E-state index < -0.39 is 5.97 Å². The minimum absolute atomic E-state index is 0.204. The Hall–Kier alpha value is -1.17. The molecule has 1 aliphatic carbocycles. The molecule has 1 saturated carbocycles. The van der Waals surface area contributed by atoms with Crippen molar-refractivity contribution < 1.29 is 9.90 Å². The van der Waals surface area contributed by atoms with Gasteiger partial charge >= 0.3 is 5.97 Å². The molecule has 0 spiro atoms. The zero-order chi connectivity index (χ0) is 13.0. The van der Waals surface area contributed by atoms with Crippen molar-refractivity contribution in [2.75, 3.05) is 11.9 Å². The summed E-state index contributed by atoms with van der Waals surface area (Å²) in [5.41, 5.74) is 0. The molecule has 1 aliphatic rings. The Morgan fingerprint density at radius 1 is 1.50 bits per heavy atom. The Kier molecular flexibility index (Phi) is 4.52. The number of carboxylic acids is 1. The van der Waals surface area contributed by atoms with Gasteiger partial charge < -0.3 is 10.4 Å². The lowest BCUT2D eigenvalue weighted by atomic mass is 9.79. The van der Waals surface area contributed by atoms with E-state index in [9.17, 15) is 9.90 Å². The molecule has 100 valence electrons. The van der Waals surface area contributed by atoms with Crippen molar-refractivity contribution in [1.29, 1.82) is 0 Å². The summed E-state index contributed by atoms with van der Waals surface area (Å²) in [5, 5.41) is 13.2. The van der Waals surface area contributed by atoms with Gasteiger partial charge in [-0.15, -0.1) is 0 Å². The smallest absolute Gasteiger partial charge is 0.306 e. The highest BCUT2D eigenvalue weighted by atomic mass is 32.1. The highest BCUT2D eigenvalue weighted by Gasteiger charge is 2.30. The second-order valence-electron chi connectivity index (χ2n) is 4.74. The average Bonchev–Trinajstić information content (AvgIpc) is 2.84. The summed E-state index contributed by atoms with van der Waals surface area (Å²) in [6.07, 6.45) is 4.79. The number of hydrogen-bond acceptors (Lipinski definition) is 5. The predicted molar refractivity (Wildman–Crippen MR) is 70.9 cm³/mol. The first kappa shape index (κ1) is 13.3. The Balaban J connectivity index is 1.89. The van der Waals surface area contributed by atoms with Gasteiger partial charge in [0.2, 0.25) is 5.13 Å². The molecule has 0 bridgehead atoms. The van der Waals surface area contributed by atoms with Crippen LogP contribution >= 0.6 is 11.5 Å². The Morgan fingerprint density at radius 2 is 2.28 bits per heavy atom. The molecule has 0 radical (unpaired) electrons. The fraction of sp³-hybridized carbons (Fsp3) is 0.750. The standard InChI is InChI=1S/C12H19N3O2S/c1-2-10-14-12(18-15-10)13-7-8-5-3-4-6-9(8)11(16)17/h8-9H,2-7H2,1H3,(H,16,17)(H,13,14,15). The number of nitrogens with one attached hydrogen (secondary N) is 1. The number of rotatable bonds is 5. The molecule has 0 aliphatic heterocycles. The van der Waals surface area contributed by atoms with E-state index in [1.165, 1.54) is 11.5 Å². The van der Waals surface area contributed by atoms with Gasteiger partial charge in [-0.1, -0.05) is 19.8 Å². The summed E-state index contributed by atoms with van der Waals surface area (Å²) in [6, 6.07) is 0. The van der Waals surface area contributed by atoms with E-state index in [-0.39, 0.29) is 11.8 Å². The topological polar surface area (TPSA) is 75.1 Å². The molecule has 2 rings (SSSR count). The fourth-order valence-electron chi connectivity index (χ4n) is 2.46. The molecule has 2 N–H and O–H groups in total. The van der Waals surface area contributed by atoms with Crippen LogP contribution in [0, 0.1) is 11.8 Å². The fourth-order valence-corrected chi connectivity index (χ4v) is 3.12. The van der Waals surface area contributed by atoms with Crippen LogP contribution in [0.25, 0.3) is 0 Å². The van der Waals surface area contributed by atoms with Crippen molar-refractivity contribution in [2.24, 2.45) is 11.8 Å². The molecule has 6 heteroatoms. The zero-order valence-electron chi connectivity index (χ0n) is 10.6. The van der Waals surface area contributed by atoms with Crippen molar-refractivity contribution in [2.45, 2.75) is 39.0 Å². The molecule has 1 aromatic heterocycles. The van der Waals surface area contributed by atoms with Gasteiger partial charge in [0.25, 0.3) is 0 Å². The van der Waals surface area contributed by atoms with Gasteiger partial charge in [0.1, 0.15) is 5.82 Å². The lowest BCUT2D eigenvalue weighted by Crippen LogP contribution is -2.31. The highest BCUT2D eigenvalue weighted by molar-refractivity contribution is 7.09. The van der Waals surface area contributed by atoms with Crippen molar-refractivity contribution in [3.63, 3.8) is 0 Å². The molecule has 18 heavy (non-hydrogen) atoms. The van der Waals surface area contributed by atoms with Crippen molar-refractivity contribution in [1.82, 2.24) is 9.36 Å². The minimum Gasteiger partial charge on any atom is -0.481 e. The maximum absolute atomic E-state index is 11.2. The average molecular weight is 269 g/mol. The summed E-state index contributed by atoms with van der Waals surface area (Å²) in [5.74, 6) is 0.198. The van der Waals surface area contributed by atoms with E-state index in [1.807, 2.05) is 6.92 Å². The molecule has 5 nitrogen and oxygen atoms in total. The van der Waals surface area contributed by atoms with E-state index in [0.29, 0.717) is 6.54 Å². The molecule has 1 fully saturated rings. The summed E-state index contributed by atoms with van der Waals surface area (Å²) in [4.78, 5) is 15.5. The second-order valence-corrected chi connectivity index (χ2v) is 5.49. The number of nitrogens with zero attached hydrogens (tertiary/aromatic N) is 2. The Bertz CT molecular complexity index is 408. The van der Waals surface area contributed by atoms with Crippen molar-refractivity contribution in [3.8, 4) is 0 Å². The largest absolute Gasteiger partial charge is 0.481 e. The number of carboxylic acid groups (broad SMARTS) is 1. The third-order valence-electron chi connectivity index (χ3n) is 3.53. The molecule has 0 aromatic carbocycles. The van der Waals surface area contributed by atoms with Crippen LogP contribution in [0.5, 0.6) is 0 Å². The van der Waals surface area contributed by atoms with Crippen LogP contribution in [0.3, 0.4) is 0 Å². The van der Waals surface area contributed by atoms with E-state index >= 15 is 0 Å². The molecule has 1 heterocycles. The third-order valence-corrected chi connectivity index (χ3v) is 4.24. The zero-order valence-corrected chi connectivity index (χ0v) is 11.4. The molecule has 0 amide bonds. The number of aromatic nitrogens is 2. The SMILES string of the molecule is CCc1nsc(NCC2CCCCC2C(=O)O)n1. The Morgan fingerprint density at radius 3 is 2.94 bits per heavy atom. The molecular formula is C12H19N3O2S. The van der Waals surface area contributed by atoms with E-state index in [1.54, 1.807) is 0 Å². The summed E-state index contributed by atoms with van der Waals surface area (Å²) in [7, 11) is 0. The van der Waals surface area contributed by atoms with Crippen LogP contribution in [0.2, 0.25) is 0 Å². The number of carbonyl (C=O) groups is 1. The maximum atomic E-state index is 11.2. The lowest BCUT2D eigenvalue weighted by molar-refractivity contribution is -0.144. The summed E-state index contributed by atoms with van der Waals surface area (Å²) in [6.45, 7) is 2.71. The van der Waals surface area contributed by atoms with Crippen molar-refractivity contribution >= 4 is 22.6 Å². The van der Waals surface area contributed by atoms with Crippen LogP contribution in [0.15, 0.2) is 0 Å². The predicted octanol–water partition coefficient (Wildman–Crippen LogP) is 2.40. The normalized spacial score (nSPS) is 23.8. The van der Waals surface area contributed by atoms with Crippen molar-refractivity contribution in [3.05, 3.63) is 5.82 Å². The minimum atomic E-state index is -0.659. The van der Waals surface area contributed by atoms with E-state index in [2.05, 4.69) is 14.7 Å². The van der Waals surface area contributed by atoms with E-state index in [0.717, 1.165) is 43.1 Å². The van der Waals surface area contributed by atoms with Gasteiger partial charge in [-0.05, 0) is 18.8 Å². The number of hydrogen-bond donors (Lipinski definition) is 2. The Labute approximate surface area is 111 Å². The monoisotopic (exact) mass is 269 g/mol. The van der Waals surface area contributed by atoms with Gasteiger partial charge in [-0.25, -0.2) is 4.98 Å². The summed E-state index contributed by atoms with van der Waals surface area (Å²) >= 11 is 1.35. The lowest BCUT2D eigenvalue weighted by Gasteiger charge is -2.28. The number of aliphatic carboxylic acids is 1. The molecule has 0 saturated heterocycles. The van der Waals surface area contributed by atoms with Crippen LogP contribution in [-0.4, -0.2) is 27.0 Å². The molecular weight excluding hydrogens is 250 g/mol. The van der Waals surface area contributed by atoms with E-state index in [4.69, 9.17) is 0 Å². The van der Waals surface area contributed by atoms with Gasteiger partial charge in [0.15, 0.2) is 0 Å². The number of aryl methyl sites for hydroxylation is 1. The second kappa shape index (κ2) is 6.13. The van der Waals surface area contributed by atoms with Crippen LogP contribution in [-0.2, 0) is 11.2 Å². The van der Waals surface area contributed by atoms with Gasteiger partial charge in [0, 0.05) is 24.5 Å². The molecule has 1 aromatic rings. The summed E-state index contributed by atoms with van der Waals surface area (Å²) < 4.78 is 4.20. The first-order valence-electron chi connectivity index (χ1n) is 6.50. The maximum Gasteiger partial charge on any atom is 0.306 e. The van der Waals surface area contributed by atoms with Crippen LogP contribution in [0.4, 0.5) is 5.13 Å². The van der Waals surface area contributed by atoms with Gasteiger partial charge in [0.05, 0.1) is 5.92 Å². The van der Waals surface area contributed by atoms with Gasteiger partial charge in [-0.2, -0.15) is 4.37 Å². The van der Waals surface area contributed by atoms with Gasteiger partial charge in [-0.3, -0.25) is 4.79 Å². The first-order chi connectivity index (χ1) is 8.70. The van der Waals surface area contributed by atoms with Crippen LogP contribution in [0.1, 0.15) is 38.4 Å². The first-order valence-corrected chi connectivity index (χ1v) is 7.27. The molecule has 2 unspecified atom stereocenters. The molecule has 2 atom stereocenters. The number of anilines is 1. The third kappa shape index (κ3) is 3.19. The quantitative estimate of drug-likeness (QED) is 0.858. The highest BCUT2D eigenvalue weighted by Crippen LogP contribution is 2.30.